The SMILES string of the molecule is CC(C)(N)CNC(=O)c1ccc(CNC(=O)C2CCCC2)cc1. The molecule has 4 N–H and O–H groups in total. The molecule has 1 aromatic rings. The van der Waals surface area contributed by atoms with Gasteiger partial charge in [-0.3, -0.25) is 9.59 Å². The average Bonchev–Trinajstić information content (AvgIpc) is 3.04. The minimum atomic E-state index is -0.430. The number of carbonyl (C=O) groups is 2. The molecule has 0 saturated heterocycles. The Balaban J connectivity index is 1.81. The largest absolute Gasteiger partial charge is 0.352 e. The molecule has 2 rings (SSSR count). The third-order valence-electron chi connectivity index (χ3n) is 4.11. The van der Waals surface area contributed by atoms with Gasteiger partial charge in [0.15, 0.2) is 0 Å². The molecule has 1 aliphatic carbocycles. The lowest BCUT2D eigenvalue weighted by atomic mass is 10.1. The first-order valence-corrected chi connectivity index (χ1v) is 8.29. The van der Waals surface area contributed by atoms with E-state index in [1.165, 1.54) is 0 Å². The maximum absolute atomic E-state index is 12.0. The highest BCUT2D eigenvalue weighted by atomic mass is 16.2. The average molecular weight is 317 g/mol. The van der Waals surface area contributed by atoms with Crippen LogP contribution in [0.15, 0.2) is 24.3 Å². The van der Waals surface area contributed by atoms with Crippen LogP contribution in [0.2, 0.25) is 0 Å². The normalized spacial score (nSPS) is 15.4. The highest BCUT2D eigenvalue weighted by molar-refractivity contribution is 5.94. The third-order valence-corrected chi connectivity index (χ3v) is 4.11. The Morgan fingerprint density at radius 1 is 1.13 bits per heavy atom. The van der Waals surface area contributed by atoms with Crippen molar-refractivity contribution in [2.75, 3.05) is 6.54 Å². The fourth-order valence-corrected chi connectivity index (χ4v) is 2.71. The van der Waals surface area contributed by atoms with E-state index in [4.69, 9.17) is 5.73 Å². The lowest BCUT2D eigenvalue weighted by molar-refractivity contribution is -0.124. The van der Waals surface area contributed by atoms with Crippen LogP contribution in [0.4, 0.5) is 0 Å². The predicted molar refractivity (Wildman–Crippen MR) is 90.8 cm³/mol. The molecule has 0 radical (unpaired) electrons. The van der Waals surface area contributed by atoms with E-state index in [0.29, 0.717) is 18.7 Å². The predicted octanol–water partition coefficient (Wildman–Crippen LogP) is 1.96. The topological polar surface area (TPSA) is 84.2 Å². The Morgan fingerprint density at radius 3 is 2.30 bits per heavy atom. The molecule has 1 saturated carbocycles. The van der Waals surface area contributed by atoms with Crippen molar-refractivity contribution in [2.24, 2.45) is 11.7 Å². The van der Waals surface area contributed by atoms with Crippen molar-refractivity contribution in [1.29, 1.82) is 0 Å². The Kier molecular flexibility index (Phi) is 5.77. The number of benzene rings is 1. The molecule has 0 bridgehead atoms. The third kappa shape index (κ3) is 5.67. The van der Waals surface area contributed by atoms with Crippen LogP contribution >= 0.6 is 0 Å². The molecule has 5 nitrogen and oxygen atoms in total. The van der Waals surface area contributed by atoms with E-state index in [1.807, 2.05) is 26.0 Å². The van der Waals surface area contributed by atoms with Crippen molar-refractivity contribution >= 4 is 11.8 Å². The van der Waals surface area contributed by atoms with E-state index >= 15 is 0 Å². The van der Waals surface area contributed by atoms with Gasteiger partial charge in [-0.2, -0.15) is 0 Å². The van der Waals surface area contributed by atoms with Crippen LogP contribution in [-0.2, 0) is 11.3 Å². The van der Waals surface area contributed by atoms with Gasteiger partial charge in [0, 0.05) is 30.1 Å². The minimum Gasteiger partial charge on any atom is -0.352 e. The van der Waals surface area contributed by atoms with Gasteiger partial charge in [-0.05, 0) is 44.4 Å². The first-order valence-electron chi connectivity index (χ1n) is 8.29. The minimum absolute atomic E-state index is 0.134. The number of amides is 2. The standard InChI is InChI=1S/C18H27N3O2/c1-18(2,19)12-21-17(23)15-9-7-13(8-10-15)11-20-16(22)14-5-3-4-6-14/h7-10,14H,3-6,11-12,19H2,1-2H3,(H,20,22)(H,21,23). The zero-order valence-electron chi connectivity index (χ0n) is 14.0. The molecule has 0 heterocycles. The summed E-state index contributed by atoms with van der Waals surface area (Å²) in [5.74, 6) is 0.194. The van der Waals surface area contributed by atoms with Crippen molar-refractivity contribution < 1.29 is 9.59 Å². The van der Waals surface area contributed by atoms with Crippen LogP contribution in [0.5, 0.6) is 0 Å². The lowest BCUT2D eigenvalue weighted by Gasteiger charge is -2.18. The van der Waals surface area contributed by atoms with Crippen LogP contribution in [0.3, 0.4) is 0 Å². The molecule has 1 fully saturated rings. The van der Waals surface area contributed by atoms with E-state index in [-0.39, 0.29) is 17.7 Å². The highest BCUT2D eigenvalue weighted by Gasteiger charge is 2.22. The van der Waals surface area contributed by atoms with E-state index in [0.717, 1.165) is 31.2 Å². The molecule has 23 heavy (non-hydrogen) atoms. The zero-order valence-corrected chi connectivity index (χ0v) is 14.0. The summed E-state index contributed by atoms with van der Waals surface area (Å²) >= 11 is 0. The molecule has 0 aromatic heterocycles. The van der Waals surface area contributed by atoms with E-state index in [2.05, 4.69) is 10.6 Å². The van der Waals surface area contributed by atoms with Gasteiger partial charge >= 0.3 is 0 Å². The number of nitrogens with two attached hydrogens (primary N) is 1. The van der Waals surface area contributed by atoms with Gasteiger partial charge in [-0.1, -0.05) is 25.0 Å². The number of nitrogens with one attached hydrogen (secondary N) is 2. The Bertz CT molecular complexity index is 540. The molecule has 0 unspecified atom stereocenters. The second-order valence-electron chi connectivity index (χ2n) is 7.07. The van der Waals surface area contributed by atoms with Gasteiger partial charge in [-0.15, -0.1) is 0 Å². The molecule has 2 amide bonds. The first-order chi connectivity index (χ1) is 10.8. The summed E-state index contributed by atoms with van der Waals surface area (Å²) in [6, 6.07) is 7.29. The fourth-order valence-electron chi connectivity index (χ4n) is 2.71. The smallest absolute Gasteiger partial charge is 0.251 e. The summed E-state index contributed by atoms with van der Waals surface area (Å²) in [5, 5.41) is 5.79. The monoisotopic (exact) mass is 317 g/mol. The number of hydrogen-bond acceptors (Lipinski definition) is 3. The summed E-state index contributed by atoms with van der Waals surface area (Å²) < 4.78 is 0. The molecular weight excluding hydrogens is 290 g/mol. The lowest BCUT2D eigenvalue weighted by Crippen LogP contribution is -2.45. The van der Waals surface area contributed by atoms with Crippen LogP contribution in [0.25, 0.3) is 0 Å². The summed E-state index contributed by atoms with van der Waals surface area (Å²) in [7, 11) is 0. The number of hydrogen-bond donors (Lipinski definition) is 3. The molecule has 1 aromatic carbocycles. The van der Waals surface area contributed by atoms with Gasteiger partial charge in [0.25, 0.3) is 5.91 Å². The molecule has 5 heteroatoms. The van der Waals surface area contributed by atoms with Gasteiger partial charge < -0.3 is 16.4 Å². The summed E-state index contributed by atoms with van der Waals surface area (Å²) in [5.41, 5.74) is 7.01. The number of rotatable bonds is 6. The fraction of sp³-hybridized carbons (Fsp3) is 0.556. The van der Waals surface area contributed by atoms with Gasteiger partial charge in [0.1, 0.15) is 0 Å². The zero-order chi connectivity index (χ0) is 16.9. The van der Waals surface area contributed by atoms with Crippen molar-refractivity contribution in [3.05, 3.63) is 35.4 Å². The van der Waals surface area contributed by atoms with Gasteiger partial charge in [0.2, 0.25) is 5.91 Å². The van der Waals surface area contributed by atoms with E-state index in [1.54, 1.807) is 12.1 Å². The Labute approximate surface area is 138 Å². The summed E-state index contributed by atoms with van der Waals surface area (Å²) in [4.78, 5) is 24.0. The Hall–Kier alpha value is -1.88. The molecule has 126 valence electrons. The maximum atomic E-state index is 12.0. The maximum Gasteiger partial charge on any atom is 0.251 e. The van der Waals surface area contributed by atoms with E-state index in [9.17, 15) is 9.59 Å². The summed E-state index contributed by atoms with van der Waals surface area (Å²) in [6.07, 6.45) is 4.31. The molecule has 0 aliphatic heterocycles. The van der Waals surface area contributed by atoms with Gasteiger partial charge in [0.05, 0.1) is 0 Å². The first kappa shape index (κ1) is 17.5. The molecule has 0 atom stereocenters. The van der Waals surface area contributed by atoms with Crippen molar-refractivity contribution in [2.45, 2.75) is 51.6 Å². The molecular formula is C18H27N3O2. The van der Waals surface area contributed by atoms with Crippen molar-refractivity contribution in [3.63, 3.8) is 0 Å². The van der Waals surface area contributed by atoms with Crippen molar-refractivity contribution in [3.8, 4) is 0 Å². The Morgan fingerprint density at radius 2 is 1.74 bits per heavy atom. The molecule has 0 spiro atoms. The van der Waals surface area contributed by atoms with Gasteiger partial charge in [-0.25, -0.2) is 0 Å². The van der Waals surface area contributed by atoms with Crippen LogP contribution in [0.1, 0.15) is 55.5 Å². The quantitative estimate of drug-likeness (QED) is 0.750. The van der Waals surface area contributed by atoms with Crippen LogP contribution in [0, 0.1) is 5.92 Å². The van der Waals surface area contributed by atoms with Crippen molar-refractivity contribution in [1.82, 2.24) is 10.6 Å². The number of carbonyl (C=O) groups excluding carboxylic acids is 2. The molecule has 1 aliphatic rings. The second kappa shape index (κ2) is 7.59. The van der Waals surface area contributed by atoms with Crippen LogP contribution in [-0.4, -0.2) is 23.9 Å². The highest BCUT2D eigenvalue weighted by Crippen LogP contribution is 2.24. The van der Waals surface area contributed by atoms with E-state index < -0.39 is 5.54 Å². The summed E-state index contributed by atoms with van der Waals surface area (Å²) in [6.45, 7) is 4.66. The van der Waals surface area contributed by atoms with Crippen LogP contribution < -0.4 is 16.4 Å². The second-order valence-corrected chi connectivity index (χ2v) is 7.07.